The van der Waals surface area contributed by atoms with Crippen molar-refractivity contribution >= 4 is 23.6 Å². The molecular weight excluding hydrogens is 210 g/mol. The van der Waals surface area contributed by atoms with Gasteiger partial charge in [-0.15, -0.1) is 0 Å². The van der Waals surface area contributed by atoms with Gasteiger partial charge in [0.2, 0.25) is 11.9 Å². The highest BCUT2D eigenvalue weighted by molar-refractivity contribution is 7.99. The fourth-order valence-electron chi connectivity index (χ4n) is 0.938. The van der Waals surface area contributed by atoms with Gasteiger partial charge in [-0.1, -0.05) is 13.8 Å². The summed E-state index contributed by atoms with van der Waals surface area (Å²) in [6.45, 7) is 4.23. The SMILES string of the molecule is CC(C)SCCC(=O)Nc1ncccn1. The number of carbonyl (C=O) groups excluding carboxylic acids is 1. The first kappa shape index (κ1) is 12.0. The molecule has 0 saturated carbocycles. The monoisotopic (exact) mass is 225 g/mol. The van der Waals surface area contributed by atoms with E-state index >= 15 is 0 Å². The number of amides is 1. The molecule has 0 aliphatic rings. The standard InChI is InChI=1S/C10H15N3OS/c1-8(2)15-7-4-9(14)13-10-11-5-3-6-12-10/h3,5-6,8H,4,7H2,1-2H3,(H,11,12,13,14). The van der Waals surface area contributed by atoms with Crippen LogP contribution in [0.2, 0.25) is 0 Å². The zero-order valence-electron chi connectivity index (χ0n) is 8.93. The van der Waals surface area contributed by atoms with E-state index in [1.54, 1.807) is 30.2 Å². The Morgan fingerprint density at radius 3 is 2.73 bits per heavy atom. The molecule has 5 heteroatoms. The van der Waals surface area contributed by atoms with Crippen molar-refractivity contribution in [1.29, 1.82) is 0 Å². The van der Waals surface area contributed by atoms with E-state index in [2.05, 4.69) is 29.1 Å². The van der Waals surface area contributed by atoms with Crippen molar-refractivity contribution in [2.75, 3.05) is 11.1 Å². The maximum absolute atomic E-state index is 11.4. The predicted molar refractivity (Wildman–Crippen MR) is 62.9 cm³/mol. The average molecular weight is 225 g/mol. The van der Waals surface area contributed by atoms with Gasteiger partial charge in [0.25, 0.3) is 0 Å². The summed E-state index contributed by atoms with van der Waals surface area (Å²) in [5.74, 6) is 1.17. The summed E-state index contributed by atoms with van der Waals surface area (Å²) in [6, 6.07) is 1.71. The van der Waals surface area contributed by atoms with E-state index in [1.165, 1.54) is 0 Å². The molecule has 0 fully saturated rings. The van der Waals surface area contributed by atoms with Gasteiger partial charge in [0.05, 0.1) is 0 Å². The topological polar surface area (TPSA) is 54.9 Å². The van der Waals surface area contributed by atoms with Gasteiger partial charge in [0, 0.05) is 24.6 Å². The summed E-state index contributed by atoms with van der Waals surface area (Å²) in [6.07, 6.45) is 3.71. The lowest BCUT2D eigenvalue weighted by molar-refractivity contribution is -0.115. The van der Waals surface area contributed by atoms with Gasteiger partial charge in [-0.2, -0.15) is 11.8 Å². The Kier molecular flexibility index (Phi) is 5.10. The second-order valence-electron chi connectivity index (χ2n) is 3.29. The minimum atomic E-state index is -0.0330. The van der Waals surface area contributed by atoms with Crippen LogP contribution in [0.15, 0.2) is 18.5 Å². The molecule has 1 N–H and O–H groups in total. The number of hydrogen-bond donors (Lipinski definition) is 1. The van der Waals surface area contributed by atoms with Crippen LogP contribution in [0.3, 0.4) is 0 Å². The molecule has 0 radical (unpaired) electrons. The Hall–Kier alpha value is -1.10. The van der Waals surface area contributed by atoms with Gasteiger partial charge in [0.15, 0.2) is 0 Å². The highest BCUT2D eigenvalue weighted by Crippen LogP contribution is 2.10. The molecule has 1 amide bonds. The Bertz CT molecular complexity index is 303. The molecule has 1 aromatic rings. The van der Waals surface area contributed by atoms with Crippen molar-refractivity contribution in [3.05, 3.63) is 18.5 Å². The number of nitrogens with zero attached hydrogens (tertiary/aromatic N) is 2. The number of thioether (sulfide) groups is 1. The summed E-state index contributed by atoms with van der Waals surface area (Å²) < 4.78 is 0. The first-order chi connectivity index (χ1) is 7.18. The maximum atomic E-state index is 11.4. The van der Waals surface area contributed by atoms with E-state index in [0.29, 0.717) is 17.6 Å². The van der Waals surface area contributed by atoms with Crippen LogP contribution in [0.5, 0.6) is 0 Å². The van der Waals surface area contributed by atoms with Crippen molar-refractivity contribution in [2.24, 2.45) is 0 Å². The van der Waals surface area contributed by atoms with Crippen LogP contribution in [0.1, 0.15) is 20.3 Å². The molecule has 15 heavy (non-hydrogen) atoms. The average Bonchev–Trinajstić information content (AvgIpc) is 2.18. The van der Waals surface area contributed by atoms with E-state index in [9.17, 15) is 4.79 Å². The van der Waals surface area contributed by atoms with Gasteiger partial charge < -0.3 is 0 Å². The summed E-state index contributed by atoms with van der Waals surface area (Å²) in [5, 5.41) is 3.20. The quantitative estimate of drug-likeness (QED) is 0.832. The number of rotatable bonds is 5. The van der Waals surface area contributed by atoms with Crippen LogP contribution in [0.4, 0.5) is 5.95 Å². The Morgan fingerprint density at radius 1 is 1.47 bits per heavy atom. The highest BCUT2D eigenvalue weighted by atomic mass is 32.2. The van der Waals surface area contributed by atoms with Crippen LogP contribution < -0.4 is 5.32 Å². The van der Waals surface area contributed by atoms with E-state index in [-0.39, 0.29) is 5.91 Å². The molecule has 82 valence electrons. The van der Waals surface area contributed by atoms with E-state index in [4.69, 9.17) is 0 Å². The van der Waals surface area contributed by atoms with Gasteiger partial charge in [-0.05, 0) is 11.3 Å². The number of aromatic nitrogens is 2. The smallest absolute Gasteiger partial charge is 0.229 e. The second-order valence-corrected chi connectivity index (χ2v) is 4.97. The lowest BCUT2D eigenvalue weighted by Gasteiger charge is -2.04. The molecule has 1 heterocycles. The largest absolute Gasteiger partial charge is 0.295 e. The van der Waals surface area contributed by atoms with Gasteiger partial charge in [0.1, 0.15) is 0 Å². The summed E-state index contributed by atoms with van der Waals surface area (Å²) in [4.78, 5) is 19.2. The van der Waals surface area contributed by atoms with Gasteiger partial charge in [-0.3, -0.25) is 10.1 Å². The molecule has 1 aromatic heterocycles. The first-order valence-corrected chi connectivity index (χ1v) is 5.92. The lowest BCUT2D eigenvalue weighted by Crippen LogP contribution is -2.14. The number of anilines is 1. The van der Waals surface area contributed by atoms with Gasteiger partial charge in [-0.25, -0.2) is 9.97 Å². The molecule has 4 nitrogen and oxygen atoms in total. The molecule has 0 aliphatic heterocycles. The number of nitrogens with one attached hydrogen (secondary N) is 1. The third-order valence-electron chi connectivity index (χ3n) is 1.60. The number of carbonyl (C=O) groups is 1. The lowest BCUT2D eigenvalue weighted by atomic mass is 10.4. The Morgan fingerprint density at radius 2 is 2.13 bits per heavy atom. The molecule has 0 spiro atoms. The van der Waals surface area contributed by atoms with Crippen LogP contribution in [-0.2, 0) is 4.79 Å². The molecule has 0 unspecified atom stereocenters. The maximum Gasteiger partial charge on any atom is 0.229 e. The minimum Gasteiger partial charge on any atom is -0.295 e. The number of hydrogen-bond acceptors (Lipinski definition) is 4. The van der Waals surface area contributed by atoms with Crippen molar-refractivity contribution < 1.29 is 4.79 Å². The molecule has 0 bridgehead atoms. The third kappa shape index (κ3) is 5.37. The molecule has 0 aromatic carbocycles. The van der Waals surface area contributed by atoms with E-state index < -0.39 is 0 Å². The van der Waals surface area contributed by atoms with Crippen LogP contribution in [-0.4, -0.2) is 26.9 Å². The third-order valence-corrected chi connectivity index (χ3v) is 2.70. The molecule has 0 aliphatic carbocycles. The second kappa shape index (κ2) is 6.40. The summed E-state index contributed by atoms with van der Waals surface area (Å²) in [5.41, 5.74) is 0. The van der Waals surface area contributed by atoms with E-state index in [1.807, 2.05) is 0 Å². The summed E-state index contributed by atoms with van der Waals surface area (Å²) in [7, 11) is 0. The fourth-order valence-corrected chi connectivity index (χ4v) is 1.71. The first-order valence-electron chi connectivity index (χ1n) is 4.87. The minimum absolute atomic E-state index is 0.0330. The normalized spacial score (nSPS) is 10.3. The Balaban J connectivity index is 2.25. The predicted octanol–water partition coefficient (Wildman–Crippen LogP) is 1.95. The Labute approximate surface area is 93.9 Å². The van der Waals surface area contributed by atoms with Crippen molar-refractivity contribution in [3.8, 4) is 0 Å². The van der Waals surface area contributed by atoms with Crippen molar-refractivity contribution in [1.82, 2.24) is 9.97 Å². The molecular formula is C10H15N3OS. The van der Waals surface area contributed by atoms with Crippen LogP contribution in [0, 0.1) is 0 Å². The zero-order valence-corrected chi connectivity index (χ0v) is 9.75. The van der Waals surface area contributed by atoms with Gasteiger partial charge >= 0.3 is 0 Å². The molecule has 0 atom stereocenters. The molecule has 0 saturated heterocycles. The molecule has 1 rings (SSSR count). The zero-order chi connectivity index (χ0) is 11.1. The van der Waals surface area contributed by atoms with E-state index in [0.717, 1.165) is 5.75 Å². The highest BCUT2D eigenvalue weighted by Gasteiger charge is 2.04. The van der Waals surface area contributed by atoms with Crippen molar-refractivity contribution in [2.45, 2.75) is 25.5 Å². The fraction of sp³-hybridized carbons (Fsp3) is 0.500. The summed E-state index contributed by atoms with van der Waals surface area (Å²) >= 11 is 1.77. The van der Waals surface area contributed by atoms with Crippen molar-refractivity contribution in [3.63, 3.8) is 0 Å². The van der Waals surface area contributed by atoms with Crippen LogP contribution in [0.25, 0.3) is 0 Å². The van der Waals surface area contributed by atoms with Crippen LogP contribution >= 0.6 is 11.8 Å².